The largest absolute Gasteiger partial charge is 0.497 e. The zero-order valence-corrected chi connectivity index (χ0v) is 18.1. The SMILES string of the molecule is COc1ccc(-c2csc(-c3cccc(NS(=O)(=O)c4ccc(C)cc4)c3)n2)cc1. The topological polar surface area (TPSA) is 68.3 Å². The first-order valence-corrected chi connectivity index (χ1v) is 11.6. The number of rotatable bonds is 6. The lowest BCUT2D eigenvalue weighted by Gasteiger charge is -2.09. The van der Waals surface area contributed by atoms with Crippen molar-refractivity contribution in [2.75, 3.05) is 11.8 Å². The van der Waals surface area contributed by atoms with Crippen LogP contribution in [0.25, 0.3) is 21.8 Å². The smallest absolute Gasteiger partial charge is 0.261 e. The predicted octanol–water partition coefficient (Wildman–Crippen LogP) is 5.59. The summed E-state index contributed by atoms with van der Waals surface area (Å²) in [4.78, 5) is 4.94. The van der Waals surface area contributed by atoms with Gasteiger partial charge in [-0.05, 0) is 55.5 Å². The number of methoxy groups -OCH3 is 1. The molecule has 0 aliphatic heterocycles. The summed E-state index contributed by atoms with van der Waals surface area (Å²) in [6.07, 6.45) is 0. The van der Waals surface area contributed by atoms with Crippen LogP contribution in [0.3, 0.4) is 0 Å². The minimum Gasteiger partial charge on any atom is -0.497 e. The molecule has 0 aliphatic carbocycles. The Morgan fingerprint density at radius 3 is 2.37 bits per heavy atom. The highest BCUT2D eigenvalue weighted by molar-refractivity contribution is 7.92. The Bertz CT molecular complexity index is 1260. The fraction of sp³-hybridized carbons (Fsp3) is 0.0870. The van der Waals surface area contributed by atoms with E-state index in [2.05, 4.69) is 4.72 Å². The van der Waals surface area contributed by atoms with Crippen LogP contribution in [-0.2, 0) is 10.0 Å². The molecule has 4 aromatic rings. The maximum Gasteiger partial charge on any atom is 0.261 e. The molecule has 0 unspecified atom stereocenters. The van der Waals surface area contributed by atoms with Gasteiger partial charge in [-0.25, -0.2) is 13.4 Å². The third kappa shape index (κ3) is 4.37. The van der Waals surface area contributed by atoms with E-state index in [0.29, 0.717) is 5.69 Å². The second-order valence-electron chi connectivity index (χ2n) is 6.77. The summed E-state index contributed by atoms with van der Waals surface area (Å²) in [7, 11) is -2.02. The molecular weight excluding hydrogens is 416 g/mol. The number of hydrogen-bond donors (Lipinski definition) is 1. The van der Waals surface area contributed by atoms with Gasteiger partial charge in [-0.15, -0.1) is 11.3 Å². The van der Waals surface area contributed by atoms with Gasteiger partial charge in [0.25, 0.3) is 10.0 Å². The van der Waals surface area contributed by atoms with Crippen LogP contribution in [-0.4, -0.2) is 20.5 Å². The van der Waals surface area contributed by atoms with Gasteiger partial charge in [0.2, 0.25) is 0 Å². The van der Waals surface area contributed by atoms with Gasteiger partial charge in [-0.3, -0.25) is 4.72 Å². The Labute approximate surface area is 180 Å². The van der Waals surface area contributed by atoms with E-state index >= 15 is 0 Å². The number of nitrogens with one attached hydrogen (secondary N) is 1. The van der Waals surface area contributed by atoms with Crippen LogP contribution in [0.1, 0.15) is 5.56 Å². The van der Waals surface area contributed by atoms with E-state index in [4.69, 9.17) is 9.72 Å². The zero-order valence-electron chi connectivity index (χ0n) is 16.5. The van der Waals surface area contributed by atoms with Gasteiger partial charge in [0, 0.05) is 22.2 Å². The summed E-state index contributed by atoms with van der Waals surface area (Å²) >= 11 is 1.51. The van der Waals surface area contributed by atoms with Gasteiger partial charge in [-0.1, -0.05) is 29.8 Å². The Morgan fingerprint density at radius 1 is 0.933 bits per heavy atom. The summed E-state index contributed by atoms with van der Waals surface area (Å²) < 4.78 is 33.2. The number of nitrogens with zero attached hydrogens (tertiary/aromatic N) is 1. The molecule has 0 bridgehead atoms. The lowest BCUT2D eigenvalue weighted by molar-refractivity contribution is 0.415. The van der Waals surface area contributed by atoms with Gasteiger partial charge in [0.1, 0.15) is 10.8 Å². The quantitative estimate of drug-likeness (QED) is 0.427. The summed E-state index contributed by atoms with van der Waals surface area (Å²) in [5, 5.41) is 2.80. The van der Waals surface area contributed by atoms with E-state index in [1.165, 1.54) is 11.3 Å². The monoisotopic (exact) mass is 436 g/mol. The van der Waals surface area contributed by atoms with Gasteiger partial charge in [0.05, 0.1) is 17.7 Å². The minimum absolute atomic E-state index is 0.231. The van der Waals surface area contributed by atoms with E-state index in [1.54, 1.807) is 43.5 Å². The molecule has 0 aliphatic rings. The molecule has 3 aromatic carbocycles. The highest BCUT2D eigenvalue weighted by atomic mass is 32.2. The molecule has 5 nitrogen and oxygen atoms in total. The maximum absolute atomic E-state index is 12.7. The molecule has 4 rings (SSSR count). The van der Waals surface area contributed by atoms with Gasteiger partial charge in [-0.2, -0.15) is 0 Å². The Hall–Kier alpha value is -3.16. The molecule has 30 heavy (non-hydrogen) atoms. The molecular formula is C23H20N2O3S2. The van der Waals surface area contributed by atoms with Crippen LogP contribution in [0.15, 0.2) is 83.1 Å². The Balaban J connectivity index is 1.58. The molecule has 152 valence electrons. The van der Waals surface area contributed by atoms with Crippen molar-refractivity contribution in [2.45, 2.75) is 11.8 Å². The Morgan fingerprint density at radius 2 is 1.67 bits per heavy atom. The number of benzene rings is 3. The Kier molecular flexibility index (Phi) is 5.57. The predicted molar refractivity (Wildman–Crippen MR) is 122 cm³/mol. The van der Waals surface area contributed by atoms with Gasteiger partial charge >= 0.3 is 0 Å². The average Bonchev–Trinajstić information content (AvgIpc) is 3.24. The van der Waals surface area contributed by atoms with Crippen molar-refractivity contribution in [3.8, 4) is 27.6 Å². The van der Waals surface area contributed by atoms with Crippen LogP contribution in [0.2, 0.25) is 0 Å². The molecule has 0 atom stereocenters. The second kappa shape index (κ2) is 8.30. The molecule has 1 heterocycles. The first-order valence-electron chi connectivity index (χ1n) is 9.24. The highest BCUT2D eigenvalue weighted by Gasteiger charge is 2.15. The highest BCUT2D eigenvalue weighted by Crippen LogP contribution is 2.31. The first-order chi connectivity index (χ1) is 14.4. The molecule has 0 amide bonds. The molecule has 0 fully saturated rings. The summed E-state index contributed by atoms with van der Waals surface area (Å²) in [6, 6.07) is 21.7. The van der Waals surface area contributed by atoms with Crippen molar-refractivity contribution in [3.63, 3.8) is 0 Å². The number of aryl methyl sites for hydroxylation is 1. The molecule has 1 N–H and O–H groups in total. The van der Waals surface area contributed by atoms with E-state index in [-0.39, 0.29) is 4.90 Å². The number of hydrogen-bond acceptors (Lipinski definition) is 5. The van der Waals surface area contributed by atoms with E-state index in [0.717, 1.165) is 33.1 Å². The van der Waals surface area contributed by atoms with Crippen LogP contribution < -0.4 is 9.46 Å². The van der Waals surface area contributed by atoms with Gasteiger partial charge < -0.3 is 4.74 Å². The molecule has 0 spiro atoms. The third-order valence-corrected chi connectivity index (χ3v) is 6.87. The average molecular weight is 437 g/mol. The number of aromatic nitrogens is 1. The number of thiazole rings is 1. The summed E-state index contributed by atoms with van der Waals surface area (Å²) in [5.41, 5.74) is 4.21. The van der Waals surface area contributed by atoms with Gasteiger partial charge in [0.15, 0.2) is 0 Å². The van der Waals surface area contributed by atoms with Crippen molar-refractivity contribution in [1.29, 1.82) is 0 Å². The normalized spacial score (nSPS) is 11.3. The summed E-state index contributed by atoms with van der Waals surface area (Å²) in [6.45, 7) is 1.92. The minimum atomic E-state index is -3.65. The fourth-order valence-corrected chi connectivity index (χ4v) is 4.82. The van der Waals surface area contributed by atoms with Crippen molar-refractivity contribution < 1.29 is 13.2 Å². The number of ether oxygens (including phenoxy) is 1. The van der Waals surface area contributed by atoms with E-state index in [9.17, 15) is 8.42 Å². The van der Waals surface area contributed by atoms with Crippen LogP contribution in [0.5, 0.6) is 5.75 Å². The van der Waals surface area contributed by atoms with Crippen LogP contribution in [0.4, 0.5) is 5.69 Å². The van der Waals surface area contributed by atoms with Crippen molar-refractivity contribution in [1.82, 2.24) is 4.98 Å². The second-order valence-corrected chi connectivity index (χ2v) is 9.31. The lowest BCUT2D eigenvalue weighted by atomic mass is 10.1. The van der Waals surface area contributed by atoms with E-state index < -0.39 is 10.0 Å². The molecule has 0 saturated heterocycles. The van der Waals surface area contributed by atoms with E-state index in [1.807, 2.05) is 48.7 Å². The standard InChI is InChI=1S/C23H20N2O3S2/c1-16-6-12-21(13-7-16)30(26,27)25-19-5-3-4-18(14-19)23-24-22(15-29-23)17-8-10-20(28-2)11-9-17/h3-15,25H,1-2H3. The fourth-order valence-electron chi connectivity index (χ4n) is 2.95. The van der Waals surface area contributed by atoms with Crippen molar-refractivity contribution in [2.24, 2.45) is 0 Å². The van der Waals surface area contributed by atoms with Crippen LogP contribution in [0, 0.1) is 6.92 Å². The zero-order chi connectivity index (χ0) is 21.1. The summed E-state index contributed by atoms with van der Waals surface area (Å²) in [5.74, 6) is 0.794. The first kappa shape index (κ1) is 20.1. The van der Waals surface area contributed by atoms with Crippen LogP contribution >= 0.6 is 11.3 Å². The molecule has 0 radical (unpaired) electrons. The number of sulfonamides is 1. The lowest BCUT2D eigenvalue weighted by Crippen LogP contribution is -2.12. The molecule has 0 saturated carbocycles. The van der Waals surface area contributed by atoms with Crippen molar-refractivity contribution in [3.05, 3.63) is 83.7 Å². The molecule has 7 heteroatoms. The third-order valence-electron chi connectivity index (χ3n) is 4.58. The molecule has 1 aromatic heterocycles. The van der Waals surface area contributed by atoms with Crippen molar-refractivity contribution >= 4 is 27.0 Å². The number of anilines is 1. The maximum atomic E-state index is 12.7.